The van der Waals surface area contributed by atoms with Crippen LogP contribution in [0.1, 0.15) is 54.6 Å². The molecule has 0 spiro atoms. The number of aryl methyl sites for hydroxylation is 3. The zero-order valence-corrected chi connectivity index (χ0v) is 19.8. The van der Waals surface area contributed by atoms with Crippen LogP contribution in [0.4, 0.5) is 13.2 Å². The normalized spacial score (nSPS) is 16.0. The summed E-state index contributed by atoms with van der Waals surface area (Å²) in [6, 6.07) is 7.16. The Morgan fingerprint density at radius 2 is 1.88 bits per heavy atom. The predicted octanol–water partition coefficient (Wildman–Crippen LogP) is 6.29. The van der Waals surface area contributed by atoms with Gasteiger partial charge in [-0.25, -0.2) is 4.21 Å². The Hall–Kier alpha value is -2.94. The highest BCUT2D eigenvalue weighted by atomic mass is 32.2. The van der Waals surface area contributed by atoms with E-state index in [9.17, 15) is 22.2 Å². The fraction of sp³-hybridized carbons (Fsp3) is 0.360. The second-order valence-corrected chi connectivity index (χ2v) is 10.2. The van der Waals surface area contributed by atoms with Crippen LogP contribution in [0.2, 0.25) is 0 Å². The molecule has 0 amide bonds. The molecule has 2 aromatic carbocycles. The summed E-state index contributed by atoms with van der Waals surface area (Å²) in [6.45, 7) is 5.77. The molecule has 0 saturated heterocycles. The van der Waals surface area contributed by atoms with Gasteiger partial charge in [0, 0.05) is 16.7 Å². The Bertz CT molecular complexity index is 1340. The molecule has 2 heterocycles. The van der Waals surface area contributed by atoms with Gasteiger partial charge in [0.05, 0.1) is 27.0 Å². The number of carboxylic acids is 1. The number of halogens is 3. The number of fused-ring (bicyclic) bond motifs is 2. The van der Waals surface area contributed by atoms with Gasteiger partial charge in [-0.1, -0.05) is 25.1 Å². The van der Waals surface area contributed by atoms with Crippen molar-refractivity contribution >= 4 is 33.3 Å². The molecule has 0 saturated carbocycles. The lowest BCUT2D eigenvalue weighted by molar-refractivity contribution is -0.138. The fourth-order valence-electron chi connectivity index (χ4n) is 4.43. The minimum absolute atomic E-state index is 0.00923. The van der Waals surface area contributed by atoms with Crippen LogP contribution in [0.25, 0.3) is 16.5 Å². The highest BCUT2D eigenvalue weighted by Gasteiger charge is 2.35. The summed E-state index contributed by atoms with van der Waals surface area (Å²) < 4.78 is 58.3. The first-order chi connectivity index (χ1) is 16.0. The van der Waals surface area contributed by atoms with E-state index in [2.05, 4.69) is 5.16 Å². The van der Waals surface area contributed by atoms with E-state index in [1.807, 2.05) is 26.8 Å². The number of alkyl halides is 3. The largest absolute Gasteiger partial charge is 0.481 e. The third-order valence-corrected chi connectivity index (χ3v) is 7.71. The van der Waals surface area contributed by atoms with Crippen molar-refractivity contribution in [3.8, 4) is 0 Å². The molecule has 0 radical (unpaired) electrons. The van der Waals surface area contributed by atoms with Gasteiger partial charge in [0.1, 0.15) is 0 Å². The molecule has 1 aromatic heterocycles. The van der Waals surface area contributed by atoms with Crippen LogP contribution in [-0.2, 0) is 34.6 Å². The van der Waals surface area contributed by atoms with Crippen molar-refractivity contribution in [3.63, 3.8) is 0 Å². The molecular weight excluding hydrogens is 467 g/mol. The van der Waals surface area contributed by atoms with E-state index in [4.69, 9.17) is 9.63 Å². The van der Waals surface area contributed by atoms with Crippen LogP contribution < -0.4 is 0 Å². The quantitative estimate of drug-likeness (QED) is 0.420. The Morgan fingerprint density at radius 3 is 2.53 bits per heavy atom. The average molecular weight is 492 g/mol. The number of benzene rings is 2. The fourth-order valence-corrected chi connectivity index (χ4v) is 6.14. The van der Waals surface area contributed by atoms with Crippen molar-refractivity contribution in [2.45, 2.75) is 57.5 Å². The predicted molar refractivity (Wildman–Crippen MR) is 123 cm³/mol. The molecule has 4 rings (SSSR count). The molecule has 1 unspecified atom stereocenters. The Kier molecular flexibility index (Phi) is 6.42. The van der Waals surface area contributed by atoms with E-state index >= 15 is 0 Å². The first-order valence-electron chi connectivity index (χ1n) is 10.9. The van der Waals surface area contributed by atoms with Crippen LogP contribution >= 0.6 is 0 Å². The minimum Gasteiger partial charge on any atom is -0.481 e. The number of aliphatic carboxylic acids is 1. The molecule has 1 atom stereocenters. The van der Waals surface area contributed by atoms with Gasteiger partial charge >= 0.3 is 12.1 Å². The van der Waals surface area contributed by atoms with Crippen LogP contribution in [0.5, 0.6) is 0 Å². The Balaban J connectivity index is 1.62. The Labute approximate surface area is 197 Å². The van der Waals surface area contributed by atoms with Crippen LogP contribution in [0.15, 0.2) is 44.7 Å². The van der Waals surface area contributed by atoms with Crippen molar-refractivity contribution in [1.82, 2.24) is 5.16 Å². The van der Waals surface area contributed by atoms with Gasteiger partial charge in [-0.05, 0) is 78.6 Å². The molecule has 9 heteroatoms. The number of hydrogen-bond donors (Lipinski definition) is 1. The molecule has 180 valence electrons. The van der Waals surface area contributed by atoms with E-state index in [1.54, 1.807) is 6.07 Å². The van der Waals surface area contributed by atoms with Crippen LogP contribution in [0, 0.1) is 12.8 Å². The van der Waals surface area contributed by atoms with Gasteiger partial charge in [0.2, 0.25) is 0 Å². The van der Waals surface area contributed by atoms with E-state index in [1.165, 1.54) is 6.07 Å². The third-order valence-electron chi connectivity index (χ3n) is 6.10. The number of nitrogens with zero attached hydrogens (tertiary/aromatic N) is 1. The van der Waals surface area contributed by atoms with Crippen LogP contribution in [0.3, 0.4) is 0 Å². The van der Waals surface area contributed by atoms with Gasteiger partial charge < -0.3 is 9.63 Å². The van der Waals surface area contributed by atoms with Crippen molar-refractivity contribution in [1.29, 1.82) is 0 Å². The lowest BCUT2D eigenvalue weighted by atomic mass is 9.93. The number of aromatic nitrogens is 1. The first kappa shape index (κ1) is 24.2. The zero-order chi connectivity index (χ0) is 24.8. The highest BCUT2D eigenvalue weighted by molar-refractivity contribution is 7.89. The van der Waals surface area contributed by atoms with E-state index in [0.29, 0.717) is 41.0 Å². The summed E-state index contributed by atoms with van der Waals surface area (Å²) in [5.41, 5.74) is 3.64. The maximum absolute atomic E-state index is 13.2. The molecule has 34 heavy (non-hydrogen) atoms. The molecule has 3 aromatic rings. The van der Waals surface area contributed by atoms with Crippen molar-refractivity contribution in [2.24, 2.45) is 5.92 Å². The number of carboxylic acid groups (broad SMARTS) is 1. The zero-order valence-electron chi connectivity index (χ0n) is 19.0. The maximum atomic E-state index is 13.2. The van der Waals surface area contributed by atoms with E-state index < -0.39 is 28.5 Å². The monoisotopic (exact) mass is 491 g/mol. The van der Waals surface area contributed by atoms with Gasteiger partial charge in [-0.3, -0.25) is 4.79 Å². The summed E-state index contributed by atoms with van der Waals surface area (Å²) in [7, 11) is -1.68. The lowest BCUT2D eigenvalue weighted by Gasteiger charge is -2.12. The van der Waals surface area contributed by atoms with Gasteiger partial charge in [-0.15, -0.1) is 0 Å². The van der Waals surface area contributed by atoms with Crippen molar-refractivity contribution in [2.75, 3.05) is 0 Å². The summed E-state index contributed by atoms with van der Waals surface area (Å²) in [6.07, 6.45) is -3.31. The second-order valence-electron chi connectivity index (χ2n) is 8.77. The van der Waals surface area contributed by atoms with Crippen LogP contribution in [-0.4, -0.2) is 20.4 Å². The summed E-state index contributed by atoms with van der Waals surface area (Å²) in [5.74, 6) is -0.884. The molecule has 1 N–H and O–H groups in total. The molecule has 0 aliphatic carbocycles. The minimum atomic E-state index is -4.50. The summed E-state index contributed by atoms with van der Waals surface area (Å²) in [4.78, 5) is 11.7. The number of carbonyl (C=O) groups is 1. The topological polar surface area (TPSA) is 80.4 Å². The molecular formula is C25H24F3NO4S. The number of hydrogen-bond acceptors (Lipinski definition) is 4. The lowest BCUT2D eigenvalue weighted by Crippen LogP contribution is -2.06. The molecule has 1 aliphatic rings. The number of allylic oxidation sites excluding steroid dienone is 2. The molecule has 5 nitrogen and oxygen atoms in total. The molecule has 0 bridgehead atoms. The SMILES string of the molecule is Cc1cc2c(CCC3=C(C(C)C)c4ccc(C(F)(F)F)cc4S3=O)noc2cc1CCC(=O)O. The third kappa shape index (κ3) is 4.53. The smallest absolute Gasteiger partial charge is 0.416 e. The van der Waals surface area contributed by atoms with E-state index in [0.717, 1.165) is 34.2 Å². The summed E-state index contributed by atoms with van der Waals surface area (Å²) in [5, 5.41) is 13.9. The molecule has 0 fully saturated rings. The summed E-state index contributed by atoms with van der Waals surface area (Å²) >= 11 is 0. The van der Waals surface area contributed by atoms with Gasteiger partial charge in [-0.2, -0.15) is 13.2 Å². The van der Waals surface area contributed by atoms with Crippen molar-refractivity contribution in [3.05, 3.63) is 63.2 Å². The first-order valence-corrected chi connectivity index (χ1v) is 12.1. The van der Waals surface area contributed by atoms with Gasteiger partial charge in [0.25, 0.3) is 0 Å². The standard InChI is InChI=1S/C25H24F3NO4S/c1-13(2)24-17-6-5-16(25(26,27)28)12-22(17)34(32)21(24)8-7-19-18-10-14(3)15(4-9-23(30)31)11-20(18)33-29-19/h5-6,10-13H,4,7-9H2,1-3H3,(H,30,31). The Morgan fingerprint density at radius 1 is 1.15 bits per heavy atom. The maximum Gasteiger partial charge on any atom is 0.416 e. The van der Waals surface area contributed by atoms with Gasteiger partial charge in [0.15, 0.2) is 5.58 Å². The second kappa shape index (κ2) is 9.02. The highest BCUT2D eigenvalue weighted by Crippen LogP contribution is 2.44. The van der Waals surface area contributed by atoms with Crippen molar-refractivity contribution < 1.29 is 31.8 Å². The van der Waals surface area contributed by atoms with E-state index in [-0.39, 0.29) is 17.2 Å². The number of rotatable bonds is 7. The molecule has 1 aliphatic heterocycles. The average Bonchev–Trinajstić information content (AvgIpc) is 3.27.